The molecule has 0 radical (unpaired) electrons. The fraction of sp³-hybridized carbons (Fsp3) is 0.455. The summed E-state index contributed by atoms with van der Waals surface area (Å²) in [6, 6.07) is 14.9. The van der Waals surface area contributed by atoms with E-state index in [-0.39, 0.29) is 12.0 Å². The second-order valence-corrected chi connectivity index (χ2v) is 13.9. The topological polar surface area (TPSA) is 104 Å². The molecular weight excluding hydrogens is 560 g/mol. The van der Waals surface area contributed by atoms with E-state index in [1.807, 2.05) is 23.7 Å². The molecule has 7 rings (SSSR count). The van der Waals surface area contributed by atoms with E-state index >= 15 is 0 Å². The molecule has 1 saturated heterocycles. The molecule has 2 aliphatic heterocycles. The van der Waals surface area contributed by atoms with E-state index in [2.05, 4.69) is 61.8 Å². The zero-order chi connectivity index (χ0) is 29.8. The van der Waals surface area contributed by atoms with Crippen molar-refractivity contribution in [2.24, 2.45) is 5.92 Å². The van der Waals surface area contributed by atoms with Gasteiger partial charge in [0.1, 0.15) is 22.3 Å². The van der Waals surface area contributed by atoms with Gasteiger partial charge < -0.3 is 10.0 Å². The largest absolute Gasteiger partial charge is 0.481 e. The summed E-state index contributed by atoms with van der Waals surface area (Å²) in [7, 11) is -1.36. The van der Waals surface area contributed by atoms with Crippen molar-refractivity contribution in [1.29, 1.82) is 0 Å². The number of carboxylic acids is 1. The molecule has 2 fully saturated rings. The van der Waals surface area contributed by atoms with Gasteiger partial charge in [-0.15, -0.1) is 5.10 Å². The number of pyridine rings is 1. The van der Waals surface area contributed by atoms with Gasteiger partial charge in [-0.2, -0.15) is 0 Å². The van der Waals surface area contributed by atoms with Crippen LogP contribution in [-0.4, -0.2) is 58.7 Å². The van der Waals surface area contributed by atoms with Crippen LogP contribution in [0.1, 0.15) is 78.8 Å². The molecule has 4 atom stereocenters. The van der Waals surface area contributed by atoms with Crippen LogP contribution in [0.15, 0.2) is 53.6 Å². The van der Waals surface area contributed by atoms with Crippen LogP contribution in [0.4, 0.5) is 5.82 Å². The Bertz CT molecular complexity index is 1730. The standard InChI is InChI=1S/C33H38N6O3S/c1-20-9-10-23(30(22(3)33(40)41)27-13-14-28-31(21(27)2)35-36-39(28)25-11-12-25)17-24(20)18-37-19-26-7-4-5-16-38(26)32-29(43(37)42)8-6-15-34-32/h6,8-10,13-15,17,22,25-26,30H,4-5,7,11-12,16,18-19H2,1-3H3,(H,40,41)/t22-,26?,30+,43?/m0/s1. The highest BCUT2D eigenvalue weighted by Crippen LogP contribution is 2.41. The average Bonchev–Trinajstić information content (AvgIpc) is 3.78. The molecule has 2 aromatic heterocycles. The predicted octanol–water partition coefficient (Wildman–Crippen LogP) is 5.53. The van der Waals surface area contributed by atoms with E-state index in [9.17, 15) is 14.1 Å². The first-order chi connectivity index (χ1) is 20.8. The Morgan fingerprint density at radius 2 is 1.93 bits per heavy atom. The van der Waals surface area contributed by atoms with E-state index in [0.29, 0.717) is 19.1 Å². The lowest BCUT2D eigenvalue weighted by Crippen LogP contribution is -2.45. The number of carboxylic acid groups (broad SMARTS) is 1. The van der Waals surface area contributed by atoms with Gasteiger partial charge in [0.2, 0.25) is 0 Å². The number of hydrogen-bond acceptors (Lipinski definition) is 6. The molecule has 1 saturated carbocycles. The highest BCUT2D eigenvalue weighted by molar-refractivity contribution is 7.82. The zero-order valence-electron chi connectivity index (χ0n) is 24.9. The first kappa shape index (κ1) is 28.2. The van der Waals surface area contributed by atoms with Gasteiger partial charge in [-0.25, -0.2) is 18.2 Å². The second-order valence-electron chi connectivity index (χ2n) is 12.4. The van der Waals surface area contributed by atoms with E-state index in [1.165, 1.54) is 0 Å². The summed E-state index contributed by atoms with van der Waals surface area (Å²) < 4.78 is 18.1. The number of aliphatic carboxylic acids is 1. The molecule has 1 N–H and O–H groups in total. The van der Waals surface area contributed by atoms with Crippen molar-refractivity contribution in [2.45, 2.75) is 82.3 Å². The third kappa shape index (κ3) is 5.04. The number of nitrogens with zero attached hydrogens (tertiary/aromatic N) is 6. The number of aryl methyl sites for hydroxylation is 2. The molecule has 9 nitrogen and oxygen atoms in total. The predicted molar refractivity (Wildman–Crippen MR) is 166 cm³/mol. The number of benzene rings is 2. The molecule has 224 valence electrons. The van der Waals surface area contributed by atoms with Gasteiger partial charge in [-0.3, -0.25) is 4.79 Å². The van der Waals surface area contributed by atoms with Crippen molar-refractivity contribution in [3.63, 3.8) is 0 Å². The molecule has 2 aromatic carbocycles. The minimum atomic E-state index is -1.36. The number of piperidine rings is 1. The summed E-state index contributed by atoms with van der Waals surface area (Å²) in [5.74, 6) is -1.03. The molecular formula is C33H38N6O3S. The lowest BCUT2D eigenvalue weighted by atomic mass is 9.79. The minimum absolute atomic E-state index is 0.260. The maximum atomic E-state index is 14.0. The Morgan fingerprint density at radius 1 is 1.09 bits per heavy atom. The summed E-state index contributed by atoms with van der Waals surface area (Å²) in [4.78, 5) is 20.3. The molecule has 0 amide bonds. The number of carbonyl (C=O) groups is 1. The number of anilines is 1. The Kier molecular flexibility index (Phi) is 7.29. The zero-order valence-corrected chi connectivity index (χ0v) is 25.8. The van der Waals surface area contributed by atoms with Crippen LogP contribution >= 0.6 is 0 Å². The van der Waals surface area contributed by atoms with Crippen LogP contribution < -0.4 is 4.90 Å². The molecule has 4 aromatic rings. The summed E-state index contributed by atoms with van der Waals surface area (Å²) in [5.41, 5.74) is 6.86. The van der Waals surface area contributed by atoms with E-state index in [1.54, 1.807) is 13.1 Å². The molecule has 1 aliphatic carbocycles. The monoisotopic (exact) mass is 598 g/mol. The van der Waals surface area contributed by atoms with Crippen molar-refractivity contribution in [1.82, 2.24) is 24.3 Å². The molecule has 0 bridgehead atoms. The molecule has 4 heterocycles. The first-order valence-electron chi connectivity index (χ1n) is 15.4. The van der Waals surface area contributed by atoms with Gasteiger partial charge in [0.15, 0.2) is 0 Å². The lowest BCUT2D eigenvalue weighted by Gasteiger charge is -2.36. The van der Waals surface area contributed by atoms with Gasteiger partial charge in [0.25, 0.3) is 0 Å². The van der Waals surface area contributed by atoms with Crippen molar-refractivity contribution in [2.75, 3.05) is 18.0 Å². The van der Waals surface area contributed by atoms with Crippen LogP contribution in [0.5, 0.6) is 0 Å². The van der Waals surface area contributed by atoms with Crippen LogP contribution in [-0.2, 0) is 22.3 Å². The van der Waals surface area contributed by atoms with E-state index < -0.39 is 22.9 Å². The van der Waals surface area contributed by atoms with Crippen LogP contribution in [0, 0.1) is 19.8 Å². The Morgan fingerprint density at radius 3 is 2.72 bits per heavy atom. The van der Waals surface area contributed by atoms with Crippen molar-refractivity contribution in [3.8, 4) is 0 Å². The maximum absolute atomic E-state index is 14.0. The maximum Gasteiger partial charge on any atom is 0.307 e. The smallest absolute Gasteiger partial charge is 0.307 e. The second kappa shape index (κ2) is 11.1. The number of rotatable bonds is 7. The normalized spacial score (nSPS) is 22.1. The quantitative estimate of drug-likeness (QED) is 0.298. The third-order valence-electron chi connectivity index (χ3n) is 9.62. The summed E-state index contributed by atoms with van der Waals surface area (Å²) >= 11 is 0. The van der Waals surface area contributed by atoms with Gasteiger partial charge in [0.05, 0.1) is 22.4 Å². The Hall–Kier alpha value is -3.63. The van der Waals surface area contributed by atoms with Crippen molar-refractivity contribution in [3.05, 3.63) is 76.5 Å². The van der Waals surface area contributed by atoms with Crippen molar-refractivity contribution >= 4 is 33.8 Å². The highest BCUT2D eigenvalue weighted by Gasteiger charge is 2.36. The molecule has 2 unspecified atom stereocenters. The molecule has 3 aliphatic rings. The number of hydrogen-bond donors (Lipinski definition) is 1. The van der Waals surface area contributed by atoms with Gasteiger partial charge in [-0.05, 0) is 92.0 Å². The minimum Gasteiger partial charge on any atom is -0.481 e. The van der Waals surface area contributed by atoms with E-state index in [4.69, 9.17) is 0 Å². The fourth-order valence-electron chi connectivity index (χ4n) is 6.97. The number of fused-ring (bicyclic) bond motifs is 4. The first-order valence-corrected chi connectivity index (χ1v) is 16.5. The summed E-state index contributed by atoms with van der Waals surface area (Å²) in [6.45, 7) is 8.01. The van der Waals surface area contributed by atoms with Crippen molar-refractivity contribution < 1.29 is 14.1 Å². The molecule has 43 heavy (non-hydrogen) atoms. The lowest BCUT2D eigenvalue weighted by molar-refractivity contribution is -0.141. The van der Waals surface area contributed by atoms with Gasteiger partial charge >= 0.3 is 5.97 Å². The Balaban J connectivity index is 1.26. The SMILES string of the molecule is Cc1ccc([C@H](c2ccc3c(nnn3C3CC3)c2C)[C@H](C)C(=O)O)cc1CN1CC2CCCCN2c2ncccc2S1=O. The Labute approximate surface area is 254 Å². The van der Waals surface area contributed by atoms with E-state index in [0.717, 1.165) is 88.2 Å². The molecule has 10 heteroatoms. The fourth-order valence-corrected chi connectivity index (χ4v) is 8.34. The van der Waals surface area contributed by atoms with Gasteiger partial charge in [0, 0.05) is 37.8 Å². The average molecular weight is 599 g/mol. The van der Waals surface area contributed by atoms with Gasteiger partial charge in [-0.1, -0.05) is 36.4 Å². The summed E-state index contributed by atoms with van der Waals surface area (Å²) in [6.07, 6.45) is 7.35. The number of aromatic nitrogens is 4. The highest BCUT2D eigenvalue weighted by atomic mass is 32.2. The third-order valence-corrected chi connectivity index (χ3v) is 11.1. The summed E-state index contributed by atoms with van der Waals surface area (Å²) in [5, 5.41) is 19.2. The van der Waals surface area contributed by atoms with Crippen LogP contribution in [0.2, 0.25) is 0 Å². The molecule has 0 spiro atoms. The van der Waals surface area contributed by atoms with Crippen LogP contribution in [0.3, 0.4) is 0 Å². The van der Waals surface area contributed by atoms with Crippen LogP contribution in [0.25, 0.3) is 11.0 Å².